The highest BCUT2D eigenvalue weighted by Crippen LogP contribution is 2.27. The molecule has 1 nitrogen and oxygen atoms in total. The SMILES string of the molecule is Fc1cc(CBr)ccc1OCc1cccc(Cl)c1Cl. The van der Waals surface area contributed by atoms with E-state index < -0.39 is 5.82 Å². The second kappa shape index (κ2) is 6.60. The van der Waals surface area contributed by atoms with E-state index >= 15 is 0 Å². The number of benzene rings is 2. The van der Waals surface area contributed by atoms with E-state index in [-0.39, 0.29) is 12.4 Å². The summed E-state index contributed by atoms with van der Waals surface area (Å²) >= 11 is 15.2. The van der Waals surface area contributed by atoms with Crippen LogP contribution in [0.3, 0.4) is 0 Å². The van der Waals surface area contributed by atoms with E-state index in [1.54, 1.807) is 30.3 Å². The average Bonchev–Trinajstić information content (AvgIpc) is 2.41. The summed E-state index contributed by atoms with van der Waals surface area (Å²) in [7, 11) is 0. The highest BCUT2D eigenvalue weighted by molar-refractivity contribution is 9.08. The molecule has 0 spiro atoms. The summed E-state index contributed by atoms with van der Waals surface area (Å²) in [6.07, 6.45) is 0. The van der Waals surface area contributed by atoms with Gasteiger partial charge in [-0.3, -0.25) is 0 Å². The van der Waals surface area contributed by atoms with Gasteiger partial charge in [-0.25, -0.2) is 4.39 Å². The standard InChI is InChI=1S/C14H10BrCl2FO/c15-7-9-4-5-13(12(18)6-9)19-8-10-2-1-3-11(16)14(10)17/h1-6H,7-8H2. The van der Waals surface area contributed by atoms with Gasteiger partial charge in [0.15, 0.2) is 11.6 Å². The predicted octanol–water partition coefficient (Wildman–Crippen LogP) is 5.61. The molecule has 0 fully saturated rings. The van der Waals surface area contributed by atoms with Crippen LogP contribution in [0.2, 0.25) is 10.0 Å². The number of hydrogen-bond acceptors (Lipinski definition) is 1. The lowest BCUT2D eigenvalue weighted by atomic mass is 10.2. The Balaban J connectivity index is 2.12. The smallest absolute Gasteiger partial charge is 0.165 e. The Morgan fingerprint density at radius 2 is 1.95 bits per heavy atom. The van der Waals surface area contributed by atoms with Crippen molar-refractivity contribution < 1.29 is 9.13 Å². The fourth-order valence-corrected chi connectivity index (χ4v) is 2.28. The molecule has 0 N–H and O–H groups in total. The van der Waals surface area contributed by atoms with E-state index in [9.17, 15) is 4.39 Å². The molecule has 2 rings (SSSR count). The van der Waals surface area contributed by atoms with Gasteiger partial charge in [0, 0.05) is 10.9 Å². The van der Waals surface area contributed by atoms with Crippen molar-refractivity contribution in [3.8, 4) is 5.75 Å². The molecule has 0 amide bonds. The molecule has 0 saturated heterocycles. The fourth-order valence-electron chi connectivity index (χ4n) is 1.56. The Bertz CT molecular complexity index is 590. The van der Waals surface area contributed by atoms with Gasteiger partial charge < -0.3 is 4.74 Å². The van der Waals surface area contributed by atoms with Gasteiger partial charge in [-0.2, -0.15) is 0 Å². The van der Waals surface area contributed by atoms with Crippen LogP contribution in [0.1, 0.15) is 11.1 Å². The lowest BCUT2D eigenvalue weighted by Crippen LogP contribution is -1.99. The van der Waals surface area contributed by atoms with E-state index in [1.807, 2.05) is 0 Å². The van der Waals surface area contributed by atoms with Crippen LogP contribution in [0.4, 0.5) is 4.39 Å². The zero-order chi connectivity index (χ0) is 13.8. The molecule has 0 aromatic heterocycles. The van der Waals surface area contributed by atoms with Gasteiger partial charge >= 0.3 is 0 Å². The maximum absolute atomic E-state index is 13.7. The minimum atomic E-state index is -0.393. The third-order valence-electron chi connectivity index (χ3n) is 2.57. The maximum atomic E-state index is 13.7. The molecule has 0 aliphatic heterocycles. The number of halogens is 4. The Hall–Kier alpha value is -0.770. The van der Waals surface area contributed by atoms with Crippen molar-refractivity contribution in [1.29, 1.82) is 0 Å². The summed E-state index contributed by atoms with van der Waals surface area (Å²) in [5.74, 6) is -0.198. The summed E-state index contributed by atoms with van der Waals surface area (Å²) in [5.41, 5.74) is 1.57. The lowest BCUT2D eigenvalue weighted by Gasteiger charge is -2.10. The topological polar surface area (TPSA) is 9.23 Å². The molecule has 19 heavy (non-hydrogen) atoms. The Labute approximate surface area is 129 Å². The molecule has 0 radical (unpaired) electrons. The minimum absolute atomic E-state index is 0.171. The van der Waals surface area contributed by atoms with Gasteiger partial charge in [-0.1, -0.05) is 57.3 Å². The van der Waals surface area contributed by atoms with E-state index in [1.165, 1.54) is 6.07 Å². The fraction of sp³-hybridized carbons (Fsp3) is 0.143. The van der Waals surface area contributed by atoms with Crippen LogP contribution in [0.25, 0.3) is 0 Å². The molecule has 2 aromatic rings. The Morgan fingerprint density at radius 3 is 2.63 bits per heavy atom. The van der Waals surface area contributed by atoms with Crippen LogP contribution in [0.5, 0.6) is 5.75 Å². The Morgan fingerprint density at radius 1 is 1.16 bits per heavy atom. The van der Waals surface area contributed by atoms with Crippen molar-refractivity contribution in [3.05, 3.63) is 63.4 Å². The van der Waals surface area contributed by atoms with Crippen LogP contribution in [-0.2, 0) is 11.9 Å². The molecule has 0 heterocycles. The van der Waals surface area contributed by atoms with Gasteiger partial charge in [0.2, 0.25) is 0 Å². The number of hydrogen-bond donors (Lipinski definition) is 0. The van der Waals surface area contributed by atoms with Gasteiger partial charge in [-0.05, 0) is 23.8 Å². The summed E-state index contributed by atoms with van der Waals surface area (Å²) < 4.78 is 19.1. The van der Waals surface area contributed by atoms with Crippen molar-refractivity contribution >= 4 is 39.1 Å². The number of ether oxygens (including phenoxy) is 1. The summed E-state index contributed by atoms with van der Waals surface area (Å²) in [6.45, 7) is 0.171. The molecule has 0 unspecified atom stereocenters. The molecular formula is C14H10BrCl2FO. The number of rotatable bonds is 4. The number of alkyl halides is 1. The summed E-state index contributed by atoms with van der Waals surface area (Å²) in [4.78, 5) is 0. The highest BCUT2D eigenvalue weighted by atomic mass is 79.9. The molecule has 0 aliphatic carbocycles. The molecule has 0 aliphatic rings. The van der Waals surface area contributed by atoms with Crippen LogP contribution >= 0.6 is 39.1 Å². The van der Waals surface area contributed by atoms with Crippen molar-refractivity contribution in [1.82, 2.24) is 0 Å². The van der Waals surface area contributed by atoms with Crippen molar-refractivity contribution in [2.24, 2.45) is 0 Å². The van der Waals surface area contributed by atoms with Crippen molar-refractivity contribution in [2.45, 2.75) is 11.9 Å². The normalized spacial score (nSPS) is 10.5. The van der Waals surface area contributed by atoms with Gasteiger partial charge in [0.25, 0.3) is 0 Å². The molecule has 5 heteroatoms. The van der Waals surface area contributed by atoms with Crippen molar-refractivity contribution in [3.63, 3.8) is 0 Å². The monoisotopic (exact) mass is 362 g/mol. The molecule has 100 valence electrons. The summed E-state index contributed by atoms with van der Waals surface area (Å²) in [5, 5.41) is 1.49. The molecule has 0 saturated carbocycles. The first-order valence-corrected chi connectivity index (χ1v) is 7.39. The first-order valence-electron chi connectivity index (χ1n) is 5.52. The Kier molecular flexibility index (Phi) is 5.08. The maximum Gasteiger partial charge on any atom is 0.165 e. The highest BCUT2D eigenvalue weighted by Gasteiger charge is 2.08. The van der Waals surface area contributed by atoms with Crippen LogP contribution in [0, 0.1) is 5.82 Å². The molecular weight excluding hydrogens is 354 g/mol. The average molecular weight is 364 g/mol. The minimum Gasteiger partial charge on any atom is -0.486 e. The van der Waals surface area contributed by atoms with E-state index in [4.69, 9.17) is 27.9 Å². The third-order valence-corrected chi connectivity index (χ3v) is 4.07. The van der Waals surface area contributed by atoms with Gasteiger partial charge in [0.05, 0.1) is 10.0 Å². The largest absolute Gasteiger partial charge is 0.486 e. The van der Waals surface area contributed by atoms with Crippen LogP contribution in [0.15, 0.2) is 36.4 Å². The molecule has 0 bridgehead atoms. The van der Waals surface area contributed by atoms with E-state index in [2.05, 4.69) is 15.9 Å². The van der Waals surface area contributed by atoms with Gasteiger partial charge in [-0.15, -0.1) is 0 Å². The van der Waals surface area contributed by atoms with Crippen molar-refractivity contribution in [2.75, 3.05) is 0 Å². The van der Waals surface area contributed by atoms with Gasteiger partial charge in [0.1, 0.15) is 6.61 Å². The summed E-state index contributed by atoms with van der Waals surface area (Å²) in [6, 6.07) is 10.1. The quantitative estimate of drug-likeness (QED) is 0.642. The zero-order valence-electron chi connectivity index (χ0n) is 9.80. The zero-order valence-corrected chi connectivity index (χ0v) is 12.9. The van der Waals surface area contributed by atoms with Crippen LogP contribution < -0.4 is 4.74 Å². The first-order chi connectivity index (χ1) is 9.11. The van der Waals surface area contributed by atoms with E-state index in [0.717, 1.165) is 11.1 Å². The molecule has 2 aromatic carbocycles. The van der Waals surface area contributed by atoms with E-state index in [0.29, 0.717) is 15.4 Å². The van der Waals surface area contributed by atoms with Crippen LogP contribution in [-0.4, -0.2) is 0 Å². The second-order valence-electron chi connectivity index (χ2n) is 3.90. The second-order valence-corrected chi connectivity index (χ2v) is 5.25. The lowest BCUT2D eigenvalue weighted by molar-refractivity contribution is 0.290. The predicted molar refractivity (Wildman–Crippen MR) is 79.8 cm³/mol. The first kappa shape index (κ1) is 14.6. The third kappa shape index (κ3) is 3.62. The molecule has 0 atom stereocenters.